The molecule has 3 amide bonds. The van der Waals surface area contributed by atoms with Gasteiger partial charge in [0, 0.05) is 30.0 Å². The monoisotopic (exact) mass is 429 g/mol. The van der Waals surface area contributed by atoms with E-state index in [1.54, 1.807) is 36.3 Å². The van der Waals surface area contributed by atoms with Crippen LogP contribution in [0, 0.1) is 0 Å². The number of rotatable bonds is 5. The van der Waals surface area contributed by atoms with E-state index in [-0.39, 0.29) is 11.9 Å². The Bertz CT molecular complexity index is 1100. The Morgan fingerprint density at radius 1 is 0.969 bits per heavy atom. The Hall–Kier alpha value is -3.80. The van der Waals surface area contributed by atoms with Crippen molar-refractivity contribution in [2.45, 2.75) is 25.8 Å². The summed E-state index contributed by atoms with van der Waals surface area (Å²) in [5, 5.41) is 5.86. The van der Waals surface area contributed by atoms with Gasteiger partial charge >= 0.3 is 6.03 Å². The van der Waals surface area contributed by atoms with Crippen molar-refractivity contribution in [2.24, 2.45) is 0 Å². The fourth-order valence-corrected chi connectivity index (χ4v) is 3.87. The average molecular weight is 430 g/mol. The molecule has 3 aromatic carbocycles. The number of nitrogens with zero attached hydrogens (tertiary/aromatic N) is 1. The predicted molar refractivity (Wildman–Crippen MR) is 126 cm³/mol. The van der Waals surface area contributed by atoms with Gasteiger partial charge < -0.3 is 15.4 Å². The molecule has 1 aliphatic rings. The summed E-state index contributed by atoms with van der Waals surface area (Å²) in [5.74, 6) is 0.580. The number of amides is 3. The number of nitrogens with one attached hydrogen (secondary N) is 2. The van der Waals surface area contributed by atoms with Crippen LogP contribution in [0.1, 0.15) is 34.3 Å². The lowest BCUT2D eigenvalue weighted by atomic mass is 10.1. The zero-order valence-electron chi connectivity index (χ0n) is 18.1. The molecule has 0 spiro atoms. The molecule has 1 heterocycles. The second-order valence-electron chi connectivity index (χ2n) is 7.78. The van der Waals surface area contributed by atoms with Gasteiger partial charge in [-0.25, -0.2) is 4.79 Å². The standard InChI is InChI=1S/C26H27N3O3/c1-32-23-10-6-7-19(17-23)18-27-25(30)21-12-14-22(15-13-21)28-26(31)29-16-5-4-9-20-8-2-3-11-24(20)29/h2-3,6-8,10-15,17H,4-5,9,16,18H2,1H3,(H,27,30)(H,28,31). The number of hydrogen-bond donors (Lipinski definition) is 2. The van der Waals surface area contributed by atoms with Gasteiger partial charge in [-0.2, -0.15) is 0 Å². The van der Waals surface area contributed by atoms with Gasteiger partial charge in [-0.3, -0.25) is 9.69 Å². The Kier molecular flexibility index (Phi) is 6.70. The molecule has 0 saturated carbocycles. The Balaban J connectivity index is 1.37. The van der Waals surface area contributed by atoms with Crippen LogP contribution >= 0.6 is 0 Å². The summed E-state index contributed by atoms with van der Waals surface area (Å²) in [4.78, 5) is 27.2. The lowest BCUT2D eigenvalue weighted by Crippen LogP contribution is -2.35. The van der Waals surface area contributed by atoms with Gasteiger partial charge in [0.15, 0.2) is 0 Å². The van der Waals surface area contributed by atoms with Gasteiger partial charge in [-0.15, -0.1) is 0 Å². The first kappa shape index (κ1) is 21.4. The lowest BCUT2D eigenvalue weighted by molar-refractivity contribution is 0.0951. The molecule has 0 radical (unpaired) electrons. The molecule has 0 bridgehead atoms. The van der Waals surface area contributed by atoms with E-state index >= 15 is 0 Å². The number of urea groups is 1. The Morgan fingerprint density at radius 3 is 2.59 bits per heavy atom. The highest BCUT2D eigenvalue weighted by molar-refractivity contribution is 6.02. The van der Waals surface area contributed by atoms with Crippen molar-refractivity contribution in [3.05, 3.63) is 89.5 Å². The van der Waals surface area contributed by atoms with Crippen LogP contribution in [0.3, 0.4) is 0 Å². The minimum absolute atomic E-state index is 0.158. The highest BCUT2D eigenvalue weighted by Gasteiger charge is 2.21. The molecule has 2 N–H and O–H groups in total. The molecule has 0 saturated heterocycles. The van der Waals surface area contributed by atoms with Crippen molar-refractivity contribution in [3.8, 4) is 5.75 Å². The topological polar surface area (TPSA) is 70.7 Å². The third-order valence-electron chi connectivity index (χ3n) is 5.59. The van der Waals surface area contributed by atoms with E-state index in [2.05, 4.69) is 16.7 Å². The number of ether oxygens (including phenoxy) is 1. The maximum Gasteiger partial charge on any atom is 0.326 e. The van der Waals surface area contributed by atoms with Crippen LogP contribution in [0.25, 0.3) is 0 Å². The maximum absolute atomic E-state index is 12.9. The number of hydrogen-bond acceptors (Lipinski definition) is 3. The third kappa shape index (κ3) is 5.09. The van der Waals surface area contributed by atoms with Gasteiger partial charge in [0.05, 0.1) is 7.11 Å². The van der Waals surface area contributed by atoms with Crippen molar-refractivity contribution in [1.82, 2.24) is 5.32 Å². The number of benzene rings is 3. The summed E-state index contributed by atoms with van der Waals surface area (Å²) in [7, 11) is 1.61. The number of aryl methyl sites for hydroxylation is 1. The van der Waals surface area contributed by atoms with Gasteiger partial charge in [0.1, 0.15) is 5.75 Å². The van der Waals surface area contributed by atoms with Crippen LogP contribution in [0.4, 0.5) is 16.2 Å². The second kappa shape index (κ2) is 10.0. The summed E-state index contributed by atoms with van der Waals surface area (Å²) in [6.45, 7) is 1.09. The molecule has 32 heavy (non-hydrogen) atoms. The third-order valence-corrected chi connectivity index (χ3v) is 5.59. The lowest BCUT2D eigenvalue weighted by Gasteiger charge is -2.23. The Morgan fingerprint density at radius 2 is 1.78 bits per heavy atom. The van der Waals surface area contributed by atoms with Crippen LogP contribution in [-0.2, 0) is 13.0 Å². The number of methoxy groups -OCH3 is 1. The van der Waals surface area contributed by atoms with Crippen molar-refractivity contribution in [2.75, 3.05) is 23.9 Å². The van der Waals surface area contributed by atoms with E-state index in [4.69, 9.17) is 4.74 Å². The fourth-order valence-electron chi connectivity index (χ4n) is 3.87. The molecule has 1 aliphatic heterocycles. The second-order valence-corrected chi connectivity index (χ2v) is 7.78. The van der Waals surface area contributed by atoms with E-state index < -0.39 is 0 Å². The number of anilines is 2. The molecule has 4 rings (SSSR count). The number of fused-ring (bicyclic) bond motifs is 1. The van der Waals surface area contributed by atoms with E-state index in [1.807, 2.05) is 42.5 Å². The molecule has 164 valence electrons. The summed E-state index contributed by atoms with van der Waals surface area (Å²) in [5.41, 5.74) is 4.31. The molecular weight excluding hydrogens is 402 g/mol. The first-order valence-electron chi connectivity index (χ1n) is 10.8. The zero-order chi connectivity index (χ0) is 22.3. The van der Waals surface area contributed by atoms with Gasteiger partial charge in [-0.05, 0) is 72.9 Å². The van der Waals surface area contributed by atoms with Crippen molar-refractivity contribution in [1.29, 1.82) is 0 Å². The van der Waals surface area contributed by atoms with Crippen LogP contribution in [-0.4, -0.2) is 25.6 Å². The fraction of sp³-hybridized carbons (Fsp3) is 0.231. The summed E-state index contributed by atoms with van der Waals surface area (Å²) >= 11 is 0. The highest BCUT2D eigenvalue weighted by Crippen LogP contribution is 2.26. The minimum Gasteiger partial charge on any atom is -0.497 e. The molecule has 0 fully saturated rings. The first-order chi connectivity index (χ1) is 15.6. The van der Waals surface area contributed by atoms with Crippen LogP contribution < -0.4 is 20.3 Å². The van der Waals surface area contributed by atoms with Crippen LogP contribution in [0.15, 0.2) is 72.8 Å². The van der Waals surface area contributed by atoms with Crippen molar-refractivity contribution < 1.29 is 14.3 Å². The molecular formula is C26H27N3O3. The first-order valence-corrected chi connectivity index (χ1v) is 10.8. The normalized spacial score (nSPS) is 13.0. The molecule has 6 nitrogen and oxygen atoms in total. The van der Waals surface area contributed by atoms with Crippen molar-refractivity contribution >= 4 is 23.3 Å². The number of para-hydroxylation sites is 1. The average Bonchev–Trinajstić information content (AvgIpc) is 3.06. The highest BCUT2D eigenvalue weighted by atomic mass is 16.5. The van der Waals surface area contributed by atoms with Gasteiger partial charge in [0.2, 0.25) is 0 Å². The molecule has 0 aliphatic carbocycles. The van der Waals surface area contributed by atoms with Gasteiger partial charge in [0.25, 0.3) is 5.91 Å². The maximum atomic E-state index is 12.9. The molecule has 6 heteroatoms. The number of carbonyl (C=O) groups excluding carboxylic acids is 2. The van der Waals surface area contributed by atoms with Gasteiger partial charge in [-0.1, -0.05) is 30.3 Å². The SMILES string of the molecule is COc1cccc(CNC(=O)c2ccc(NC(=O)N3CCCCc4ccccc43)cc2)c1. The van der Waals surface area contributed by atoms with E-state index in [0.29, 0.717) is 24.3 Å². The molecule has 0 unspecified atom stereocenters. The molecule has 3 aromatic rings. The van der Waals surface area contributed by atoms with E-state index in [1.165, 1.54) is 5.56 Å². The van der Waals surface area contributed by atoms with E-state index in [0.717, 1.165) is 36.3 Å². The minimum atomic E-state index is -0.174. The summed E-state index contributed by atoms with van der Waals surface area (Å²) in [6.07, 6.45) is 3.02. The summed E-state index contributed by atoms with van der Waals surface area (Å²) in [6, 6.07) is 22.4. The summed E-state index contributed by atoms with van der Waals surface area (Å²) < 4.78 is 5.21. The van der Waals surface area contributed by atoms with Crippen LogP contribution in [0.5, 0.6) is 5.75 Å². The zero-order valence-corrected chi connectivity index (χ0v) is 18.1. The molecule has 0 aromatic heterocycles. The Labute approximate surface area is 188 Å². The number of carbonyl (C=O) groups is 2. The predicted octanol–water partition coefficient (Wildman–Crippen LogP) is 5.00. The van der Waals surface area contributed by atoms with Crippen molar-refractivity contribution in [3.63, 3.8) is 0 Å². The van der Waals surface area contributed by atoms with E-state index in [9.17, 15) is 9.59 Å². The smallest absolute Gasteiger partial charge is 0.326 e. The molecule has 0 atom stereocenters. The van der Waals surface area contributed by atoms with Crippen LogP contribution in [0.2, 0.25) is 0 Å². The largest absolute Gasteiger partial charge is 0.497 e. The quantitative estimate of drug-likeness (QED) is 0.600.